The van der Waals surface area contributed by atoms with Crippen molar-refractivity contribution in [1.82, 2.24) is 24.7 Å². The molecule has 1 aliphatic rings. The van der Waals surface area contributed by atoms with Crippen molar-refractivity contribution in [2.75, 3.05) is 23.3 Å². The van der Waals surface area contributed by atoms with Gasteiger partial charge in [0.05, 0.1) is 12.2 Å². The maximum absolute atomic E-state index is 13.9. The molecule has 3 heterocycles. The number of nitrogens with zero attached hydrogens (tertiary/aromatic N) is 6. The van der Waals surface area contributed by atoms with Crippen LogP contribution in [0.25, 0.3) is 5.69 Å². The van der Waals surface area contributed by atoms with Gasteiger partial charge in [0.15, 0.2) is 11.6 Å². The van der Waals surface area contributed by atoms with Crippen LogP contribution in [0.2, 0.25) is 0 Å². The quantitative estimate of drug-likeness (QED) is 0.691. The molecule has 10 heteroatoms. The van der Waals surface area contributed by atoms with E-state index in [-0.39, 0.29) is 11.7 Å². The lowest BCUT2D eigenvalue weighted by Crippen LogP contribution is -2.43. The number of para-hydroxylation sites is 1. The molecular weight excluding hydrogens is 366 g/mol. The smallest absolute Gasteiger partial charge is 0.230 e. The molecule has 3 aromatic rings. The van der Waals surface area contributed by atoms with Gasteiger partial charge in [0.1, 0.15) is 12.0 Å². The van der Waals surface area contributed by atoms with E-state index in [0.29, 0.717) is 30.7 Å². The molecule has 1 fully saturated rings. The molecule has 0 spiro atoms. The Labute approximate surface area is 160 Å². The van der Waals surface area contributed by atoms with Gasteiger partial charge >= 0.3 is 0 Å². The fourth-order valence-electron chi connectivity index (χ4n) is 3.17. The minimum Gasteiger partial charge on any atom is -0.348 e. The normalized spacial score (nSPS) is 17.0. The Bertz CT molecular complexity index is 940. The summed E-state index contributed by atoms with van der Waals surface area (Å²) in [6.07, 6.45) is 4.95. The highest BCUT2D eigenvalue weighted by Gasteiger charge is 2.19. The average molecular weight is 386 g/mol. The Kier molecular flexibility index (Phi) is 5.11. The SMILES string of the molecule is NC1CCCN(c2ncnc(NCc3ccn(-c4c(F)cccc4F)n3)n2)C1. The summed E-state index contributed by atoms with van der Waals surface area (Å²) < 4.78 is 29.0. The van der Waals surface area contributed by atoms with E-state index in [1.165, 1.54) is 35.4 Å². The lowest BCUT2D eigenvalue weighted by molar-refractivity contribution is 0.499. The number of hydrogen-bond donors (Lipinski definition) is 2. The number of hydrogen-bond acceptors (Lipinski definition) is 7. The van der Waals surface area contributed by atoms with Crippen molar-refractivity contribution >= 4 is 11.9 Å². The molecule has 0 aliphatic carbocycles. The highest BCUT2D eigenvalue weighted by molar-refractivity contribution is 5.37. The maximum atomic E-state index is 13.9. The first-order valence-electron chi connectivity index (χ1n) is 9.02. The van der Waals surface area contributed by atoms with Gasteiger partial charge in [-0.2, -0.15) is 10.1 Å². The van der Waals surface area contributed by atoms with Gasteiger partial charge in [-0.3, -0.25) is 0 Å². The van der Waals surface area contributed by atoms with Crippen molar-refractivity contribution in [3.8, 4) is 5.69 Å². The second-order valence-corrected chi connectivity index (χ2v) is 6.63. The third-order valence-corrected chi connectivity index (χ3v) is 4.54. The highest BCUT2D eigenvalue weighted by atomic mass is 19.1. The molecule has 28 heavy (non-hydrogen) atoms. The molecule has 1 aliphatic heterocycles. The van der Waals surface area contributed by atoms with Gasteiger partial charge in [-0.05, 0) is 31.0 Å². The Morgan fingerprint density at radius 2 is 2.00 bits per heavy atom. The summed E-state index contributed by atoms with van der Waals surface area (Å²) in [6.45, 7) is 1.86. The van der Waals surface area contributed by atoms with Gasteiger partial charge < -0.3 is 16.0 Å². The molecule has 1 saturated heterocycles. The molecule has 1 atom stereocenters. The van der Waals surface area contributed by atoms with Crippen LogP contribution in [-0.2, 0) is 6.54 Å². The van der Waals surface area contributed by atoms with Crippen LogP contribution < -0.4 is 16.0 Å². The highest BCUT2D eigenvalue weighted by Crippen LogP contribution is 2.18. The van der Waals surface area contributed by atoms with Crippen LogP contribution >= 0.6 is 0 Å². The van der Waals surface area contributed by atoms with Gasteiger partial charge in [0.2, 0.25) is 11.9 Å². The topological polar surface area (TPSA) is 97.8 Å². The average Bonchev–Trinajstić information content (AvgIpc) is 3.15. The van der Waals surface area contributed by atoms with Crippen LogP contribution in [0, 0.1) is 11.6 Å². The van der Waals surface area contributed by atoms with Crippen molar-refractivity contribution in [2.24, 2.45) is 5.73 Å². The number of halogens is 2. The molecule has 3 N–H and O–H groups in total. The van der Waals surface area contributed by atoms with E-state index in [4.69, 9.17) is 5.73 Å². The van der Waals surface area contributed by atoms with Crippen molar-refractivity contribution in [3.63, 3.8) is 0 Å². The van der Waals surface area contributed by atoms with Crippen LogP contribution in [0.1, 0.15) is 18.5 Å². The van der Waals surface area contributed by atoms with Crippen molar-refractivity contribution < 1.29 is 8.78 Å². The Hall–Kier alpha value is -3.14. The Morgan fingerprint density at radius 3 is 2.79 bits per heavy atom. The van der Waals surface area contributed by atoms with E-state index in [1.807, 2.05) is 4.90 Å². The van der Waals surface area contributed by atoms with E-state index in [9.17, 15) is 8.78 Å². The van der Waals surface area contributed by atoms with Gasteiger partial charge in [0.25, 0.3) is 0 Å². The standard InChI is InChI=1S/C18H20F2N8/c19-14-4-1-5-15(20)16(14)28-8-6-13(26-28)9-22-17-23-11-24-18(25-17)27-7-2-3-12(21)10-27/h1,4-6,8,11-12H,2-3,7,9-10,21H2,(H,22,23,24,25). The zero-order valence-corrected chi connectivity index (χ0v) is 15.1. The first-order chi connectivity index (χ1) is 13.6. The minimum atomic E-state index is -0.676. The van der Waals surface area contributed by atoms with Crippen LogP contribution in [0.4, 0.5) is 20.7 Å². The largest absolute Gasteiger partial charge is 0.348 e. The Balaban J connectivity index is 1.44. The molecule has 0 bridgehead atoms. The molecule has 8 nitrogen and oxygen atoms in total. The third-order valence-electron chi connectivity index (χ3n) is 4.54. The first kappa shape index (κ1) is 18.2. The zero-order valence-electron chi connectivity index (χ0n) is 15.1. The summed E-state index contributed by atoms with van der Waals surface area (Å²) >= 11 is 0. The molecule has 4 rings (SSSR count). The van der Waals surface area contributed by atoms with Gasteiger partial charge in [0, 0.05) is 25.3 Å². The van der Waals surface area contributed by atoms with E-state index in [1.54, 1.807) is 6.07 Å². The van der Waals surface area contributed by atoms with E-state index >= 15 is 0 Å². The number of nitrogens with one attached hydrogen (secondary N) is 1. The first-order valence-corrected chi connectivity index (χ1v) is 9.02. The fraction of sp³-hybridized carbons (Fsp3) is 0.333. The van der Waals surface area contributed by atoms with Crippen LogP contribution in [-0.4, -0.2) is 43.9 Å². The molecule has 146 valence electrons. The summed E-state index contributed by atoms with van der Waals surface area (Å²) in [5.74, 6) is -0.378. The fourth-order valence-corrected chi connectivity index (χ4v) is 3.17. The monoisotopic (exact) mass is 386 g/mol. The number of anilines is 2. The molecule has 0 radical (unpaired) electrons. The van der Waals surface area contributed by atoms with Gasteiger partial charge in [-0.25, -0.2) is 23.4 Å². The summed E-state index contributed by atoms with van der Waals surface area (Å²) in [4.78, 5) is 14.8. The molecular formula is C18H20F2N8. The summed E-state index contributed by atoms with van der Waals surface area (Å²) in [5, 5.41) is 7.28. The predicted octanol–water partition coefficient (Wildman–Crippen LogP) is 1.88. The van der Waals surface area contributed by atoms with Crippen molar-refractivity contribution in [3.05, 3.63) is 54.1 Å². The summed E-state index contributed by atoms with van der Waals surface area (Å²) in [6, 6.07) is 5.48. The van der Waals surface area contributed by atoms with E-state index < -0.39 is 11.6 Å². The molecule has 1 unspecified atom stereocenters. The van der Waals surface area contributed by atoms with Crippen LogP contribution in [0.5, 0.6) is 0 Å². The molecule has 0 amide bonds. The van der Waals surface area contributed by atoms with Crippen LogP contribution in [0.15, 0.2) is 36.8 Å². The number of benzene rings is 1. The van der Waals surface area contributed by atoms with E-state index in [0.717, 1.165) is 19.4 Å². The van der Waals surface area contributed by atoms with Crippen molar-refractivity contribution in [1.29, 1.82) is 0 Å². The van der Waals surface area contributed by atoms with Crippen LogP contribution in [0.3, 0.4) is 0 Å². The Morgan fingerprint density at radius 1 is 1.18 bits per heavy atom. The van der Waals surface area contributed by atoms with E-state index in [2.05, 4.69) is 25.4 Å². The summed E-state index contributed by atoms with van der Waals surface area (Å²) in [5.41, 5.74) is 6.39. The van der Waals surface area contributed by atoms with Crippen molar-refractivity contribution in [2.45, 2.75) is 25.4 Å². The molecule has 2 aromatic heterocycles. The lowest BCUT2D eigenvalue weighted by atomic mass is 10.1. The maximum Gasteiger partial charge on any atom is 0.230 e. The zero-order chi connectivity index (χ0) is 19.5. The molecule has 0 saturated carbocycles. The second-order valence-electron chi connectivity index (χ2n) is 6.63. The summed E-state index contributed by atoms with van der Waals surface area (Å²) in [7, 11) is 0. The second kappa shape index (κ2) is 7.85. The number of rotatable bonds is 5. The molecule has 1 aromatic carbocycles. The minimum absolute atomic E-state index is 0.115. The van der Waals surface area contributed by atoms with Gasteiger partial charge in [-0.15, -0.1) is 0 Å². The number of piperidine rings is 1. The predicted molar refractivity (Wildman–Crippen MR) is 100 cm³/mol. The van der Waals surface area contributed by atoms with Gasteiger partial charge in [-0.1, -0.05) is 6.07 Å². The third kappa shape index (κ3) is 3.91. The number of aromatic nitrogens is 5. The number of nitrogens with two attached hydrogens (primary N) is 1. The lowest BCUT2D eigenvalue weighted by Gasteiger charge is -2.30.